The zero-order valence-corrected chi connectivity index (χ0v) is 20.6. The van der Waals surface area contributed by atoms with Gasteiger partial charge in [-0.2, -0.15) is 18.4 Å². The number of esters is 2. The van der Waals surface area contributed by atoms with Crippen LogP contribution in [0.3, 0.4) is 0 Å². The number of nitrogens with one attached hydrogen (secondary N) is 1. The third-order valence-corrected chi connectivity index (χ3v) is 6.45. The monoisotopic (exact) mass is 526 g/mol. The first-order valence-corrected chi connectivity index (χ1v) is 11.5. The van der Waals surface area contributed by atoms with Crippen molar-refractivity contribution in [3.8, 4) is 6.07 Å². The molecule has 0 aliphatic carbocycles. The first-order valence-electron chi connectivity index (χ1n) is 10.7. The Morgan fingerprint density at radius 1 is 1.09 bits per heavy atom. The van der Waals surface area contributed by atoms with Crippen LogP contribution in [0.1, 0.15) is 44.2 Å². The third-order valence-electron chi connectivity index (χ3n) is 5.96. The molecule has 0 saturated carbocycles. The van der Waals surface area contributed by atoms with E-state index in [-0.39, 0.29) is 5.41 Å². The molecule has 0 radical (unpaired) electrons. The molecule has 4 atom stereocenters. The van der Waals surface area contributed by atoms with E-state index in [0.717, 1.165) is 0 Å². The molecule has 2 aromatic carbocycles. The lowest BCUT2D eigenvalue weighted by Crippen LogP contribution is -2.44. The molecule has 1 aliphatic rings. The molecule has 2 aromatic rings. The van der Waals surface area contributed by atoms with Crippen molar-refractivity contribution in [2.75, 3.05) is 0 Å². The molecular formula is C25H23Cl2F3N2O3. The Hall–Kier alpha value is -2.60. The number of rotatable bonds is 4. The predicted octanol–water partition coefficient (Wildman–Crippen LogP) is 5.95. The predicted molar refractivity (Wildman–Crippen MR) is 125 cm³/mol. The van der Waals surface area contributed by atoms with Crippen molar-refractivity contribution >= 4 is 35.1 Å². The third kappa shape index (κ3) is 5.64. The first kappa shape index (κ1) is 27.0. The summed E-state index contributed by atoms with van der Waals surface area (Å²) in [5, 5.41) is 14.4. The molecule has 0 amide bonds. The molecule has 35 heavy (non-hydrogen) atoms. The van der Waals surface area contributed by atoms with Gasteiger partial charge in [-0.1, -0.05) is 68.2 Å². The van der Waals surface area contributed by atoms with Crippen LogP contribution < -0.4 is 5.32 Å². The molecule has 0 aromatic heterocycles. The van der Waals surface area contributed by atoms with Gasteiger partial charge >= 0.3 is 18.1 Å². The summed E-state index contributed by atoms with van der Waals surface area (Å²) in [5.41, 5.74) is -0.841. The van der Waals surface area contributed by atoms with Crippen LogP contribution in [-0.2, 0) is 19.7 Å². The minimum atomic E-state index is -5.35. The van der Waals surface area contributed by atoms with E-state index in [4.69, 9.17) is 23.2 Å². The molecule has 0 spiro atoms. The summed E-state index contributed by atoms with van der Waals surface area (Å²) in [7, 11) is 0. The Labute approximate surface area is 211 Å². The van der Waals surface area contributed by atoms with Crippen molar-refractivity contribution in [3.63, 3.8) is 0 Å². The van der Waals surface area contributed by atoms with Crippen molar-refractivity contribution in [2.45, 2.75) is 56.8 Å². The highest BCUT2D eigenvalue weighted by Gasteiger charge is 2.60. The van der Waals surface area contributed by atoms with Crippen LogP contribution in [0.25, 0.3) is 0 Å². The zero-order valence-electron chi connectivity index (χ0n) is 19.1. The Balaban J connectivity index is 2.24. The standard InChI is InChI=1S/C25H23Cl2F3N2O3/c1-23(2,3)12-18-24(13-31,15-7-9-16(26)10-8-15)19(14-5-4-6-17(27)11-14)20(32-18)21(33)35-22(34)25(28,29)30/h4-11,18-20,32H,12H2,1-3H3/t18-,19-,20+,24-/m0/s1. The fourth-order valence-corrected chi connectivity index (χ4v) is 4.97. The van der Waals surface area contributed by atoms with Gasteiger partial charge < -0.3 is 4.74 Å². The van der Waals surface area contributed by atoms with E-state index < -0.39 is 41.5 Å². The second-order valence-electron chi connectivity index (χ2n) is 9.69. The van der Waals surface area contributed by atoms with Crippen LogP contribution >= 0.6 is 23.2 Å². The number of hydrogen-bond donors (Lipinski definition) is 1. The summed E-state index contributed by atoms with van der Waals surface area (Å²) in [6.07, 6.45) is -4.98. The highest BCUT2D eigenvalue weighted by Crippen LogP contribution is 2.51. The molecule has 1 saturated heterocycles. The second kappa shape index (κ2) is 9.81. The van der Waals surface area contributed by atoms with Gasteiger partial charge in [-0.3, -0.25) is 5.32 Å². The van der Waals surface area contributed by atoms with Crippen molar-refractivity contribution in [1.29, 1.82) is 5.26 Å². The van der Waals surface area contributed by atoms with Gasteiger partial charge in [-0.15, -0.1) is 0 Å². The Bertz CT molecular complexity index is 1160. The highest BCUT2D eigenvalue weighted by atomic mass is 35.5. The Kier molecular flexibility index (Phi) is 7.56. The summed E-state index contributed by atoms with van der Waals surface area (Å²) < 4.78 is 42.8. The van der Waals surface area contributed by atoms with Crippen LogP contribution in [0.2, 0.25) is 10.0 Å². The normalized spacial score (nSPS) is 24.6. The van der Waals surface area contributed by atoms with E-state index >= 15 is 0 Å². The quantitative estimate of drug-likeness (QED) is 0.393. The van der Waals surface area contributed by atoms with Crippen molar-refractivity contribution in [1.82, 2.24) is 5.32 Å². The fourth-order valence-electron chi connectivity index (χ4n) is 4.65. The van der Waals surface area contributed by atoms with Gasteiger partial charge in [0.1, 0.15) is 11.5 Å². The van der Waals surface area contributed by atoms with Crippen LogP contribution in [-0.4, -0.2) is 30.2 Å². The van der Waals surface area contributed by atoms with E-state index in [9.17, 15) is 28.0 Å². The highest BCUT2D eigenvalue weighted by molar-refractivity contribution is 6.30. The number of carbonyl (C=O) groups is 2. The number of alkyl halides is 3. The van der Waals surface area contributed by atoms with Gasteiger partial charge in [0.2, 0.25) is 0 Å². The van der Waals surface area contributed by atoms with Crippen molar-refractivity contribution in [2.24, 2.45) is 5.41 Å². The molecule has 1 heterocycles. The van der Waals surface area contributed by atoms with E-state index in [2.05, 4.69) is 16.1 Å². The van der Waals surface area contributed by atoms with Gasteiger partial charge in [-0.05, 0) is 47.2 Å². The largest absolute Gasteiger partial charge is 0.491 e. The maximum absolute atomic E-state index is 13.0. The smallest absolute Gasteiger partial charge is 0.385 e. The molecule has 186 valence electrons. The average Bonchev–Trinajstić information content (AvgIpc) is 3.07. The first-order chi connectivity index (χ1) is 16.2. The van der Waals surface area contributed by atoms with Crippen LogP contribution in [0.4, 0.5) is 13.2 Å². The van der Waals surface area contributed by atoms with Crippen molar-refractivity contribution < 1.29 is 27.5 Å². The lowest BCUT2D eigenvalue weighted by atomic mass is 9.63. The molecule has 1 fully saturated rings. The van der Waals surface area contributed by atoms with E-state index in [1.807, 2.05) is 20.8 Å². The Morgan fingerprint density at radius 2 is 1.71 bits per heavy atom. The minimum absolute atomic E-state index is 0.309. The van der Waals surface area contributed by atoms with E-state index in [1.165, 1.54) is 0 Å². The van der Waals surface area contributed by atoms with Crippen LogP contribution in [0.5, 0.6) is 0 Å². The molecule has 1 N–H and O–H groups in total. The molecule has 3 rings (SSSR count). The van der Waals surface area contributed by atoms with Crippen LogP contribution in [0, 0.1) is 16.7 Å². The number of carbonyl (C=O) groups excluding carboxylic acids is 2. The van der Waals surface area contributed by atoms with Gasteiger partial charge in [0.15, 0.2) is 0 Å². The van der Waals surface area contributed by atoms with Gasteiger partial charge in [-0.25, -0.2) is 9.59 Å². The van der Waals surface area contributed by atoms with Crippen LogP contribution in [0.15, 0.2) is 48.5 Å². The maximum atomic E-state index is 13.0. The SMILES string of the molecule is CC(C)(C)C[C@@H]1N[C@@H](C(=O)OC(=O)C(F)(F)F)[C@H](c2cccc(Cl)c2)[C@@]1(C#N)c1ccc(Cl)cc1. The number of benzene rings is 2. The summed E-state index contributed by atoms with van der Waals surface area (Å²) in [5.74, 6) is -5.09. The summed E-state index contributed by atoms with van der Waals surface area (Å²) in [6, 6.07) is 13.1. The number of ether oxygens (including phenoxy) is 1. The number of halogens is 5. The Morgan fingerprint density at radius 3 is 2.23 bits per heavy atom. The van der Waals surface area contributed by atoms with E-state index in [0.29, 0.717) is 27.6 Å². The maximum Gasteiger partial charge on any atom is 0.491 e. The summed E-state index contributed by atoms with van der Waals surface area (Å²) in [4.78, 5) is 24.5. The van der Waals surface area contributed by atoms with Gasteiger partial charge in [0.25, 0.3) is 0 Å². The number of nitriles is 1. The lowest BCUT2D eigenvalue weighted by molar-refractivity contribution is -0.202. The fraction of sp³-hybridized carbons (Fsp3) is 0.400. The van der Waals surface area contributed by atoms with E-state index in [1.54, 1.807) is 48.5 Å². The van der Waals surface area contributed by atoms with Gasteiger partial charge in [0, 0.05) is 22.0 Å². The van der Waals surface area contributed by atoms with Gasteiger partial charge in [0.05, 0.1) is 6.07 Å². The lowest BCUT2D eigenvalue weighted by Gasteiger charge is -2.37. The summed E-state index contributed by atoms with van der Waals surface area (Å²) in [6.45, 7) is 5.81. The molecule has 0 bridgehead atoms. The van der Waals surface area contributed by atoms with Crippen molar-refractivity contribution in [3.05, 3.63) is 69.7 Å². The molecule has 0 unspecified atom stereocenters. The average molecular weight is 527 g/mol. The minimum Gasteiger partial charge on any atom is -0.385 e. The molecular weight excluding hydrogens is 504 g/mol. The molecule has 5 nitrogen and oxygen atoms in total. The number of nitrogens with zero attached hydrogens (tertiary/aromatic N) is 1. The number of hydrogen-bond acceptors (Lipinski definition) is 5. The zero-order chi connectivity index (χ0) is 26.2. The topological polar surface area (TPSA) is 79.2 Å². The summed E-state index contributed by atoms with van der Waals surface area (Å²) >= 11 is 12.3. The molecule has 1 aliphatic heterocycles. The second-order valence-corrected chi connectivity index (χ2v) is 10.6. The molecule has 10 heteroatoms.